The summed E-state index contributed by atoms with van der Waals surface area (Å²) >= 11 is 0. The van der Waals surface area contributed by atoms with Crippen LogP contribution in [0, 0.1) is 0 Å². The molecule has 0 saturated heterocycles. The van der Waals surface area contributed by atoms with E-state index < -0.39 is 0 Å². The number of para-hydroxylation sites is 1. The van der Waals surface area contributed by atoms with Crippen molar-refractivity contribution in [1.29, 1.82) is 0 Å². The van der Waals surface area contributed by atoms with Gasteiger partial charge in [0.25, 0.3) is 0 Å². The van der Waals surface area contributed by atoms with Gasteiger partial charge in [-0.05, 0) is 83.3 Å². The zero-order chi connectivity index (χ0) is 28.4. The van der Waals surface area contributed by atoms with E-state index in [1.807, 2.05) is 0 Å². The van der Waals surface area contributed by atoms with Crippen LogP contribution in [0.1, 0.15) is 57.6 Å². The predicted octanol–water partition coefficient (Wildman–Crippen LogP) is 10.4. The third-order valence-corrected chi connectivity index (χ3v) is 8.96. The van der Waals surface area contributed by atoms with Gasteiger partial charge in [-0.3, -0.25) is 0 Å². The summed E-state index contributed by atoms with van der Waals surface area (Å²) in [5, 5.41) is 2.73. The van der Waals surface area contributed by atoms with Crippen molar-refractivity contribution in [2.45, 2.75) is 58.4 Å². The highest BCUT2D eigenvalue weighted by Gasteiger charge is 2.25. The molecule has 0 aliphatic heterocycles. The Bertz CT molecular complexity index is 1780. The Hall–Kier alpha value is -4.14. The van der Waals surface area contributed by atoms with Crippen LogP contribution in [-0.2, 0) is 12.0 Å². The number of aromatic nitrogens is 1. The van der Waals surface area contributed by atoms with E-state index in [-0.39, 0.29) is 5.54 Å². The van der Waals surface area contributed by atoms with E-state index in [1.165, 1.54) is 73.7 Å². The molecule has 2 nitrogen and oxygen atoms in total. The smallest absolute Gasteiger partial charge is 0.0543 e. The molecule has 2 N–H and O–H groups in total. The molecule has 0 saturated carbocycles. The number of fused-ring (bicyclic) bond motifs is 3. The van der Waals surface area contributed by atoms with Crippen molar-refractivity contribution < 1.29 is 0 Å². The van der Waals surface area contributed by atoms with Crippen LogP contribution in [0.5, 0.6) is 0 Å². The van der Waals surface area contributed by atoms with Crippen molar-refractivity contribution in [3.05, 3.63) is 126 Å². The van der Waals surface area contributed by atoms with Crippen molar-refractivity contribution in [1.82, 2.24) is 4.57 Å². The van der Waals surface area contributed by atoms with Gasteiger partial charge < -0.3 is 10.3 Å². The monoisotopic (exact) mass is 536 g/mol. The number of rotatable bonds is 9. The Labute approximate surface area is 244 Å². The summed E-state index contributed by atoms with van der Waals surface area (Å²) in [5.41, 5.74) is 17.8. The minimum absolute atomic E-state index is 0.311. The van der Waals surface area contributed by atoms with Crippen LogP contribution in [0.25, 0.3) is 49.7 Å². The van der Waals surface area contributed by atoms with Crippen LogP contribution < -0.4 is 5.73 Å². The van der Waals surface area contributed by atoms with Gasteiger partial charge in [0.2, 0.25) is 0 Å². The van der Waals surface area contributed by atoms with Crippen molar-refractivity contribution >= 4 is 21.8 Å². The highest BCUT2D eigenvalue weighted by Crippen LogP contribution is 2.37. The topological polar surface area (TPSA) is 30.9 Å². The zero-order valence-corrected chi connectivity index (χ0v) is 24.5. The van der Waals surface area contributed by atoms with Crippen molar-refractivity contribution in [3.8, 4) is 27.9 Å². The van der Waals surface area contributed by atoms with Crippen LogP contribution in [0.4, 0.5) is 0 Å². The molecule has 5 aromatic carbocycles. The zero-order valence-electron chi connectivity index (χ0n) is 24.5. The maximum absolute atomic E-state index is 6.83. The maximum Gasteiger partial charge on any atom is 0.0543 e. The van der Waals surface area contributed by atoms with Gasteiger partial charge in [0.1, 0.15) is 0 Å². The van der Waals surface area contributed by atoms with E-state index in [4.69, 9.17) is 5.73 Å². The minimum Gasteiger partial charge on any atom is -0.321 e. The largest absolute Gasteiger partial charge is 0.321 e. The highest BCUT2D eigenvalue weighted by atomic mass is 15.0. The molecular weight excluding hydrogens is 496 g/mol. The molecule has 6 aromatic rings. The highest BCUT2D eigenvalue weighted by molar-refractivity contribution is 6.10. The summed E-state index contributed by atoms with van der Waals surface area (Å²) in [6.45, 7) is 6.62. The number of unbranched alkanes of at least 4 members (excludes halogenated alkanes) is 1. The first-order chi connectivity index (χ1) is 20.1. The molecule has 41 heavy (non-hydrogen) atoms. The number of benzene rings is 5. The number of hydrogen-bond acceptors (Lipinski definition) is 1. The first-order valence-electron chi connectivity index (χ1n) is 15.2. The Morgan fingerprint density at radius 2 is 1.22 bits per heavy atom. The van der Waals surface area contributed by atoms with Gasteiger partial charge in [-0.15, -0.1) is 0 Å². The molecule has 0 amide bonds. The van der Waals surface area contributed by atoms with Gasteiger partial charge in [-0.2, -0.15) is 0 Å². The summed E-state index contributed by atoms with van der Waals surface area (Å²) in [5.74, 6) is 0. The summed E-state index contributed by atoms with van der Waals surface area (Å²) in [6.07, 6.45) is 5.36. The van der Waals surface area contributed by atoms with Gasteiger partial charge in [-0.1, -0.05) is 118 Å². The minimum atomic E-state index is -0.311. The van der Waals surface area contributed by atoms with E-state index in [2.05, 4.69) is 141 Å². The SMILES string of the molecule is CCCCc1cccc2c1c1ccccc1n2-c1ccc(-c2ccc(-c3ccccc3C(N)(CC)CC)cc2)cc1. The summed E-state index contributed by atoms with van der Waals surface area (Å²) in [7, 11) is 0. The average Bonchev–Trinajstić information content (AvgIpc) is 3.38. The lowest BCUT2D eigenvalue weighted by Gasteiger charge is -2.30. The van der Waals surface area contributed by atoms with Gasteiger partial charge in [0.15, 0.2) is 0 Å². The third kappa shape index (κ3) is 4.87. The van der Waals surface area contributed by atoms with Gasteiger partial charge in [-0.25, -0.2) is 0 Å². The molecule has 1 aromatic heterocycles. The Morgan fingerprint density at radius 1 is 0.610 bits per heavy atom. The number of nitrogens with two attached hydrogens (primary N) is 1. The lowest BCUT2D eigenvalue weighted by molar-refractivity contribution is 0.414. The van der Waals surface area contributed by atoms with Crippen molar-refractivity contribution in [2.75, 3.05) is 0 Å². The second kappa shape index (κ2) is 11.4. The normalized spacial score (nSPS) is 11.9. The fourth-order valence-electron chi connectivity index (χ4n) is 6.39. The standard InChI is InChI=1S/C39H40N2/c1-4-7-13-31-14-12-19-37-38(31)34-16-9-11-18-36(34)41(37)32-26-24-29(25-27-32)28-20-22-30(23-21-28)33-15-8-10-17-35(33)39(40,5-2)6-3/h8-12,14-27H,4-7,13,40H2,1-3H3. The maximum atomic E-state index is 6.83. The number of nitrogens with zero attached hydrogens (tertiary/aromatic N) is 1. The Morgan fingerprint density at radius 3 is 1.93 bits per heavy atom. The molecule has 0 radical (unpaired) electrons. The molecule has 0 bridgehead atoms. The predicted molar refractivity (Wildman–Crippen MR) is 177 cm³/mol. The molecule has 0 fully saturated rings. The first-order valence-corrected chi connectivity index (χ1v) is 15.2. The Kier molecular flexibility index (Phi) is 7.51. The molecule has 0 atom stereocenters. The van der Waals surface area contributed by atoms with Crippen LogP contribution in [-0.4, -0.2) is 4.57 Å². The van der Waals surface area contributed by atoms with Crippen molar-refractivity contribution in [3.63, 3.8) is 0 Å². The molecule has 2 heteroatoms. The molecular formula is C39H40N2. The molecule has 0 unspecified atom stereocenters. The Balaban J connectivity index is 1.36. The summed E-state index contributed by atoms with van der Waals surface area (Å²) < 4.78 is 2.42. The van der Waals surface area contributed by atoms with Crippen LogP contribution >= 0.6 is 0 Å². The molecule has 0 spiro atoms. The summed E-state index contributed by atoms with van der Waals surface area (Å²) in [6, 6.07) is 42.2. The third-order valence-electron chi connectivity index (χ3n) is 8.96. The quantitative estimate of drug-likeness (QED) is 0.196. The lowest BCUT2D eigenvalue weighted by Crippen LogP contribution is -2.35. The fraction of sp³-hybridized carbons (Fsp3) is 0.231. The first kappa shape index (κ1) is 27.1. The van der Waals surface area contributed by atoms with E-state index in [0.717, 1.165) is 19.3 Å². The van der Waals surface area contributed by atoms with E-state index in [0.29, 0.717) is 0 Å². The van der Waals surface area contributed by atoms with E-state index >= 15 is 0 Å². The second-order valence-corrected chi connectivity index (χ2v) is 11.3. The van der Waals surface area contributed by atoms with Gasteiger partial charge in [0.05, 0.1) is 11.0 Å². The van der Waals surface area contributed by atoms with Gasteiger partial charge >= 0.3 is 0 Å². The van der Waals surface area contributed by atoms with E-state index in [9.17, 15) is 0 Å². The van der Waals surface area contributed by atoms with Gasteiger partial charge in [0, 0.05) is 22.0 Å². The van der Waals surface area contributed by atoms with E-state index in [1.54, 1.807) is 0 Å². The fourth-order valence-corrected chi connectivity index (χ4v) is 6.39. The molecule has 6 rings (SSSR count). The van der Waals surface area contributed by atoms with Crippen LogP contribution in [0.15, 0.2) is 115 Å². The number of aryl methyl sites for hydroxylation is 1. The average molecular weight is 537 g/mol. The molecule has 206 valence electrons. The van der Waals surface area contributed by atoms with Crippen LogP contribution in [0.3, 0.4) is 0 Å². The van der Waals surface area contributed by atoms with Crippen molar-refractivity contribution in [2.24, 2.45) is 5.73 Å². The van der Waals surface area contributed by atoms with Crippen LogP contribution in [0.2, 0.25) is 0 Å². The number of hydrogen-bond donors (Lipinski definition) is 1. The summed E-state index contributed by atoms with van der Waals surface area (Å²) in [4.78, 5) is 0. The lowest BCUT2D eigenvalue weighted by atomic mass is 9.81. The molecule has 1 heterocycles. The molecule has 0 aliphatic carbocycles. The molecule has 0 aliphatic rings. The second-order valence-electron chi connectivity index (χ2n) is 11.3.